The highest BCUT2D eigenvalue weighted by atomic mass is 19.1. The highest BCUT2D eigenvalue weighted by Gasteiger charge is 2.00. The number of unbranched alkanes of at least 4 members (excludes halogenated alkanes) is 2. The van der Waals surface area contributed by atoms with Crippen LogP contribution in [0, 0.1) is 0 Å². The second-order valence-corrected chi connectivity index (χ2v) is 4.34. The lowest BCUT2D eigenvalue weighted by atomic mass is 10.1. The number of nitrogens with zero attached hydrogens (tertiary/aromatic N) is 2. The molecule has 0 fully saturated rings. The smallest absolute Gasteiger partial charge is 0.233 e. The normalized spacial score (nSPS) is 12.1. The molecule has 0 aliphatic carbocycles. The Hall–Kier alpha value is -1.45. The van der Waals surface area contributed by atoms with Gasteiger partial charge in [-0.15, -0.1) is 5.10 Å². The Morgan fingerprint density at radius 1 is 1.33 bits per heavy atom. The van der Waals surface area contributed by atoms with E-state index in [1.54, 1.807) is 13.0 Å². The predicted octanol–water partition coefficient (Wildman–Crippen LogP) is 3.50. The Morgan fingerprint density at radius 2 is 2.17 bits per heavy atom. The van der Waals surface area contributed by atoms with E-state index >= 15 is 0 Å². The molecule has 1 aromatic heterocycles. The lowest BCUT2D eigenvalue weighted by Gasteiger charge is -2.03. The zero-order valence-corrected chi connectivity index (χ0v) is 10.9. The SMILES string of the molecule is C=CCOc1ccc(CCCCCC(C)F)nn1. The first-order valence-corrected chi connectivity index (χ1v) is 6.42. The van der Waals surface area contributed by atoms with Crippen LogP contribution in [0.25, 0.3) is 0 Å². The zero-order chi connectivity index (χ0) is 13.2. The first-order chi connectivity index (χ1) is 8.72. The van der Waals surface area contributed by atoms with Gasteiger partial charge in [0.15, 0.2) is 0 Å². The molecule has 0 saturated heterocycles. The van der Waals surface area contributed by atoms with Crippen molar-refractivity contribution in [1.29, 1.82) is 0 Å². The lowest BCUT2D eigenvalue weighted by Crippen LogP contribution is -1.99. The van der Waals surface area contributed by atoms with Gasteiger partial charge >= 0.3 is 0 Å². The number of hydrogen-bond donors (Lipinski definition) is 0. The van der Waals surface area contributed by atoms with Crippen LogP contribution >= 0.6 is 0 Å². The molecule has 0 aliphatic heterocycles. The van der Waals surface area contributed by atoms with Gasteiger partial charge in [-0.05, 0) is 32.3 Å². The van der Waals surface area contributed by atoms with Gasteiger partial charge in [0, 0.05) is 6.07 Å². The zero-order valence-electron chi connectivity index (χ0n) is 10.9. The van der Waals surface area contributed by atoms with Crippen molar-refractivity contribution in [1.82, 2.24) is 10.2 Å². The first kappa shape index (κ1) is 14.6. The van der Waals surface area contributed by atoms with E-state index in [1.807, 2.05) is 12.1 Å². The van der Waals surface area contributed by atoms with E-state index in [4.69, 9.17) is 4.74 Å². The number of hydrogen-bond acceptors (Lipinski definition) is 3. The quantitative estimate of drug-likeness (QED) is 0.498. The summed E-state index contributed by atoms with van der Waals surface area (Å²) < 4.78 is 17.8. The van der Waals surface area contributed by atoms with Crippen molar-refractivity contribution >= 4 is 0 Å². The summed E-state index contributed by atoms with van der Waals surface area (Å²) in [6.45, 7) is 5.61. The van der Waals surface area contributed by atoms with Crippen LogP contribution in [0.2, 0.25) is 0 Å². The van der Waals surface area contributed by atoms with Crippen LogP contribution in [0.15, 0.2) is 24.8 Å². The number of rotatable bonds is 9. The van der Waals surface area contributed by atoms with Crippen molar-refractivity contribution < 1.29 is 9.13 Å². The average Bonchev–Trinajstić information content (AvgIpc) is 2.37. The maximum atomic E-state index is 12.6. The predicted molar refractivity (Wildman–Crippen MR) is 70.5 cm³/mol. The molecule has 1 aromatic rings. The van der Waals surface area contributed by atoms with Gasteiger partial charge in [0.1, 0.15) is 6.61 Å². The lowest BCUT2D eigenvalue weighted by molar-refractivity contribution is 0.330. The van der Waals surface area contributed by atoms with Crippen molar-refractivity contribution in [2.75, 3.05) is 6.61 Å². The Labute approximate surface area is 108 Å². The molecule has 3 nitrogen and oxygen atoms in total. The van der Waals surface area contributed by atoms with Crippen LogP contribution < -0.4 is 4.74 Å². The largest absolute Gasteiger partial charge is 0.472 e. The molecule has 0 N–H and O–H groups in total. The molecule has 1 unspecified atom stereocenters. The topological polar surface area (TPSA) is 35.0 Å². The summed E-state index contributed by atoms with van der Waals surface area (Å²) in [4.78, 5) is 0. The van der Waals surface area contributed by atoms with E-state index in [0.29, 0.717) is 18.9 Å². The number of halogens is 1. The third kappa shape index (κ3) is 6.33. The van der Waals surface area contributed by atoms with E-state index in [1.165, 1.54) is 0 Å². The third-order valence-corrected chi connectivity index (χ3v) is 2.58. The molecule has 0 bridgehead atoms. The van der Waals surface area contributed by atoms with Gasteiger partial charge in [-0.25, -0.2) is 4.39 Å². The van der Waals surface area contributed by atoms with Crippen molar-refractivity contribution in [3.63, 3.8) is 0 Å². The molecule has 18 heavy (non-hydrogen) atoms. The van der Waals surface area contributed by atoms with Gasteiger partial charge < -0.3 is 4.74 Å². The number of aryl methyl sites for hydroxylation is 1. The van der Waals surface area contributed by atoms with E-state index < -0.39 is 6.17 Å². The molecular weight excluding hydrogens is 231 g/mol. The summed E-state index contributed by atoms with van der Waals surface area (Å²) in [5.41, 5.74) is 0.953. The first-order valence-electron chi connectivity index (χ1n) is 6.42. The van der Waals surface area contributed by atoms with Crippen molar-refractivity contribution in [3.05, 3.63) is 30.5 Å². The van der Waals surface area contributed by atoms with Crippen LogP contribution in [0.1, 0.15) is 38.3 Å². The Bertz CT molecular complexity index is 338. The van der Waals surface area contributed by atoms with E-state index in [0.717, 1.165) is 31.4 Å². The molecule has 100 valence electrons. The fourth-order valence-corrected chi connectivity index (χ4v) is 1.61. The maximum absolute atomic E-state index is 12.6. The van der Waals surface area contributed by atoms with E-state index in [9.17, 15) is 4.39 Å². The van der Waals surface area contributed by atoms with Crippen molar-refractivity contribution in [3.8, 4) is 5.88 Å². The second-order valence-electron chi connectivity index (χ2n) is 4.34. The molecule has 0 aliphatic rings. The van der Waals surface area contributed by atoms with Gasteiger partial charge in [-0.1, -0.05) is 25.5 Å². The molecule has 1 heterocycles. The Kier molecular flexibility index (Phi) is 6.99. The molecule has 4 heteroatoms. The standard InChI is InChI=1S/C14H21FN2O/c1-3-11-18-14-10-9-13(16-17-14)8-6-4-5-7-12(2)15/h3,9-10,12H,1,4-8,11H2,2H3. The average molecular weight is 252 g/mol. The summed E-state index contributed by atoms with van der Waals surface area (Å²) in [5, 5.41) is 8.04. The molecule has 0 spiro atoms. The van der Waals surface area contributed by atoms with Gasteiger partial charge in [0.25, 0.3) is 0 Å². The molecule has 0 saturated carbocycles. The Balaban J connectivity index is 2.20. The number of alkyl halides is 1. The van der Waals surface area contributed by atoms with Crippen LogP contribution in [-0.4, -0.2) is 23.0 Å². The van der Waals surface area contributed by atoms with Crippen LogP contribution in [0.5, 0.6) is 5.88 Å². The molecule has 1 atom stereocenters. The summed E-state index contributed by atoms with van der Waals surface area (Å²) in [5.74, 6) is 0.518. The molecular formula is C14H21FN2O. The number of aromatic nitrogens is 2. The second kappa shape index (κ2) is 8.61. The van der Waals surface area contributed by atoms with Gasteiger partial charge in [0.05, 0.1) is 11.9 Å². The minimum absolute atomic E-state index is 0.440. The molecule has 1 rings (SSSR count). The van der Waals surface area contributed by atoms with Gasteiger partial charge in [0.2, 0.25) is 5.88 Å². The van der Waals surface area contributed by atoms with Gasteiger partial charge in [-0.2, -0.15) is 5.10 Å². The minimum atomic E-state index is -0.689. The highest BCUT2D eigenvalue weighted by Crippen LogP contribution is 2.10. The fourth-order valence-electron chi connectivity index (χ4n) is 1.61. The maximum Gasteiger partial charge on any atom is 0.233 e. The van der Waals surface area contributed by atoms with E-state index in [2.05, 4.69) is 16.8 Å². The van der Waals surface area contributed by atoms with Crippen molar-refractivity contribution in [2.45, 2.75) is 45.2 Å². The third-order valence-electron chi connectivity index (χ3n) is 2.58. The summed E-state index contributed by atoms with van der Waals surface area (Å²) in [6.07, 6.45) is 5.51. The molecule has 0 radical (unpaired) electrons. The highest BCUT2D eigenvalue weighted by molar-refractivity contribution is 5.11. The Morgan fingerprint density at radius 3 is 2.78 bits per heavy atom. The van der Waals surface area contributed by atoms with Crippen LogP contribution in [0.4, 0.5) is 4.39 Å². The van der Waals surface area contributed by atoms with Crippen LogP contribution in [0.3, 0.4) is 0 Å². The monoisotopic (exact) mass is 252 g/mol. The summed E-state index contributed by atoms with van der Waals surface area (Å²) in [7, 11) is 0. The van der Waals surface area contributed by atoms with E-state index in [-0.39, 0.29) is 0 Å². The molecule has 0 amide bonds. The number of ether oxygens (including phenoxy) is 1. The van der Waals surface area contributed by atoms with Crippen LogP contribution in [-0.2, 0) is 6.42 Å². The van der Waals surface area contributed by atoms with Crippen molar-refractivity contribution in [2.24, 2.45) is 0 Å². The minimum Gasteiger partial charge on any atom is -0.472 e. The summed E-state index contributed by atoms with van der Waals surface area (Å²) in [6, 6.07) is 3.73. The van der Waals surface area contributed by atoms with Gasteiger partial charge in [-0.3, -0.25) is 0 Å². The fraction of sp³-hybridized carbons (Fsp3) is 0.571. The summed E-state index contributed by atoms with van der Waals surface area (Å²) >= 11 is 0. The molecule has 0 aromatic carbocycles.